The van der Waals surface area contributed by atoms with Crippen molar-refractivity contribution in [3.8, 4) is 11.9 Å². The Morgan fingerprint density at radius 2 is 2.32 bits per heavy atom. The van der Waals surface area contributed by atoms with Crippen LogP contribution in [-0.4, -0.2) is 55.3 Å². The van der Waals surface area contributed by atoms with Crippen molar-refractivity contribution < 1.29 is 18.7 Å². The van der Waals surface area contributed by atoms with Gasteiger partial charge in [-0.25, -0.2) is 4.98 Å². The quantitative estimate of drug-likeness (QED) is 0.588. The zero-order valence-electron chi connectivity index (χ0n) is 20.8. The first-order chi connectivity index (χ1) is 16.0. The van der Waals surface area contributed by atoms with E-state index in [9.17, 15) is 10.4 Å². The van der Waals surface area contributed by atoms with Crippen molar-refractivity contribution in [2.75, 3.05) is 19.0 Å². The van der Waals surface area contributed by atoms with E-state index in [1.807, 2.05) is 20.8 Å². The summed E-state index contributed by atoms with van der Waals surface area (Å²) in [7, 11) is 1.59. The largest absolute Gasteiger partial charge is 0.471 e. The predicted molar refractivity (Wildman–Crippen MR) is 114 cm³/mol. The first kappa shape index (κ1) is 17.5. The number of nitriles is 1. The van der Waals surface area contributed by atoms with Gasteiger partial charge in [-0.05, 0) is 13.0 Å². The van der Waals surface area contributed by atoms with Crippen LogP contribution in [0.2, 0.25) is 0 Å². The molecule has 0 radical (unpaired) electrons. The highest BCUT2D eigenvalue weighted by molar-refractivity contribution is 5.79. The number of aliphatic hydroxyl groups excluding tert-OH is 1. The molecule has 0 spiro atoms. The van der Waals surface area contributed by atoms with Crippen molar-refractivity contribution in [3.63, 3.8) is 0 Å². The number of aryl methyl sites for hydroxylation is 1. The van der Waals surface area contributed by atoms with Crippen LogP contribution in [0.15, 0.2) is 18.5 Å². The number of nitrogens with zero attached hydrogens (tertiary/aromatic N) is 6. The van der Waals surface area contributed by atoms with Crippen molar-refractivity contribution in [3.05, 3.63) is 24.2 Å². The second-order valence-electron chi connectivity index (χ2n) is 8.39. The van der Waals surface area contributed by atoms with Gasteiger partial charge in [-0.2, -0.15) is 10.2 Å². The van der Waals surface area contributed by atoms with Crippen LogP contribution in [-0.2, 0) is 11.7 Å². The van der Waals surface area contributed by atoms with Crippen LogP contribution in [0.5, 0.6) is 5.88 Å². The summed E-state index contributed by atoms with van der Waals surface area (Å²) in [5, 5.41) is 27.4. The van der Waals surface area contributed by atoms with Gasteiger partial charge in [-0.1, -0.05) is 13.8 Å². The fourth-order valence-corrected chi connectivity index (χ4v) is 3.77. The van der Waals surface area contributed by atoms with E-state index in [1.54, 1.807) is 23.9 Å². The lowest BCUT2D eigenvalue weighted by molar-refractivity contribution is -0.135. The van der Waals surface area contributed by atoms with Crippen LogP contribution in [0, 0.1) is 16.7 Å². The van der Waals surface area contributed by atoms with E-state index >= 15 is 0 Å². The molecule has 0 bridgehead atoms. The number of hydrogen-bond acceptors (Lipinski definition) is 8. The van der Waals surface area contributed by atoms with Crippen molar-refractivity contribution in [2.45, 2.75) is 45.4 Å². The molecule has 3 heterocycles. The molecule has 4 rings (SSSR count). The maximum atomic E-state index is 10.0. The number of ether oxygens (including phenoxy) is 2. The van der Waals surface area contributed by atoms with Crippen molar-refractivity contribution in [1.82, 2.24) is 24.3 Å². The third-order valence-corrected chi connectivity index (χ3v) is 5.85. The van der Waals surface area contributed by atoms with E-state index in [-0.39, 0.29) is 29.7 Å². The maximum Gasteiger partial charge on any atom is 0.257 e. The van der Waals surface area contributed by atoms with Crippen LogP contribution >= 0.6 is 0 Å². The second-order valence-corrected chi connectivity index (χ2v) is 8.39. The molecule has 10 nitrogen and oxygen atoms in total. The molecule has 3 aromatic rings. The average Bonchev–Trinajstić information content (AvgIpc) is 3.34. The molecular weight excluding hydrogens is 398 g/mol. The Balaban J connectivity index is 1.70. The Kier molecular flexibility index (Phi) is 4.42. The highest BCUT2D eigenvalue weighted by Gasteiger charge is 2.49. The number of rotatable bonds is 7. The number of aromatic nitrogens is 5. The molecule has 1 aliphatic rings. The molecular formula is C21H27N7O3. The number of fused-ring (bicyclic) bond motifs is 1. The van der Waals surface area contributed by atoms with Crippen LogP contribution < -0.4 is 10.1 Å². The van der Waals surface area contributed by atoms with Crippen molar-refractivity contribution in [2.24, 2.45) is 12.4 Å². The Morgan fingerprint density at radius 3 is 2.97 bits per heavy atom. The van der Waals surface area contributed by atoms with Gasteiger partial charge in [-0.3, -0.25) is 4.68 Å². The van der Waals surface area contributed by atoms with E-state index < -0.39 is 18.5 Å². The Hall–Kier alpha value is -3.16. The first-order valence-electron chi connectivity index (χ1n) is 11.4. The Morgan fingerprint density at radius 1 is 1.52 bits per heavy atom. The van der Waals surface area contributed by atoms with Gasteiger partial charge < -0.3 is 24.5 Å². The first-order valence-corrected chi connectivity index (χ1v) is 9.94. The summed E-state index contributed by atoms with van der Waals surface area (Å²) in [4.78, 5) is 8.88. The number of methoxy groups -OCH3 is 1. The molecule has 0 amide bonds. The maximum absolute atomic E-state index is 10.0. The molecule has 164 valence electrons. The minimum Gasteiger partial charge on any atom is -0.471 e. The van der Waals surface area contributed by atoms with Gasteiger partial charge in [0.15, 0.2) is 0 Å². The lowest BCUT2D eigenvalue weighted by Gasteiger charge is -2.48. The number of anilines is 2. The Bertz CT molecular complexity index is 1240. The van der Waals surface area contributed by atoms with Gasteiger partial charge in [0.05, 0.1) is 24.9 Å². The predicted octanol–water partition coefficient (Wildman–Crippen LogP) is 2.53. The fraction of sp³-hybridized carbons (Fsp3) is 0.524. The van der Waals surface area contributed by atoms with E-state index in [1.165, 1.54) is 6.20 Å². The number of nitrogens with one attached hydrogen (secondary N) is 1. The number of hydrogen-bond donors (Lipinski definition) is 2. The summed E-state index contributed by atoms with van der Waals surface area (Å²) < 4.78 is 36.9. The average molecular weight is 429 g/mol. The summed E-state index contributed by atoms with van der Waals surface area (Å²) in [6, 6.07) is 3.73. The van der Waals surface area contributed by atoms with E-state index in [0.29, 0.717) is 29.8 Å². The molecule has 3 aromatic heterocycles. The third kappa shape index (κ3) is 3.71. The van der Waals surface area contributed by atoms with Gasteiger partial charge in [-0.15, -0.1) is 5.10 Å². The molecule has 1 fully saturated rings. The van der Waals surface area contributed by atoms with Crippen molar-refractivity contribution >= 4 is 22.7 Å². The molecule has 1 aliphatic carbocycles. The highest BCUT2D eigenvalue weighted by atomic mass is 16.5. The minimum atomic E-state index is -2.51. The van der Waals surface area contributed by atoms with Crippen molar-refractivity contribution in [1.29, 1.82) is 5.26 Å². The van der Waals surface area contributed by atoms with E-state index in [0.717, 1.165) is 4.68 Å². The molecule has 0 saturated heterocycles. The molecule has 31 heavy (non-hydrogen) atoms. The summed E-state index contributed by atoms with van der Waals surface area (Å²) in [6.07, 6.45) is 2.46. The molecule has 0 aromatic carbocycles. The van der Waals surface area contributed by atoms with E-state index in [2.05, 4.69) is 26.5 Å². The van der Waals surface area contributed by atoms with Gasteiger partial charge in [0, 0.05) is 41.6 Å². The highest BCUT2D eigenvalue weighted by Crippen LogP contribution is 2.43. The van der Waals surface area contributed by atoms with Crippen LogP contribution in [0.1, 0.15) is 43.0 Å². The lowest BCUT2D eigenvalue weighted by atomic mass is 9.66. The van der Waals surface area contributed by atoms with Gasteiger partial charge in [0.2, 0.25) is 5.95 Å². The SMILES string of the molecule is [2H]C([2H])([2H])n1cc(Nc2ncc3cc(C#N)n([C@@H](C)COC)c3n2)c(OC2CC(O)C2(C)C)n1. The molecule has 1 saturated carbocycles. The zero-order chi connectivity index (χ0) is 24.8. The normalized spacial score (nSPS) is 22.6. The smallest absolute Gasteiger partial charge is 0.257 e. The Labute approximate surface area is 184 Å². The topological polar surface area (TPSA) is 123 Å². The summed E-state index contributed by atoms with van der Waals surface area (Å²) >= 11 is 0. The monoisotopic (exact) mass is 428 g/mol. The number of aliphatic hydroxyl groups is 1. The van der Waals surface area contributed by atoms with Crippen LogP contribution in [0.4, 0.5) is 11.6 Å². The molecule has 2 N–H and O–H groups in total. The third-order valence-electron chi connectivity index (χ3n) is 5.85. The second kappa shape index (κ2) is 7.83. The van der Waals surface area contributed by atoms with Crippen LogP contribution in [0.3, 0.4) is 0 Å². The van der Waals surface area contributed by atoms with Gasteiger partial charge in [0.1, 0.15) is 29.2 Å². The molecule has 2 unspecified atom stereocenters. The van der Waals surface area contributed by atoms with Gasteiger partial charge in [0.25, 0.3) is 5.88 Å². The molecule has 3 atom stereocenters. The summed E-state index contributed by atoms with van der Waals surface area (Å²) in [6.45, 7) is 3.54. The van der Waals surface area contributed by atoms with Crippen LogP contribution in [0.25, 0.3) is 11.0 Å². The summed E-state index contributed by atoms with van der Waals surface area (Å²) in [5.74, 6) is 0.259. The minimum absolute atomic E-state index is 0.0747. The molecule has 10 heteroatoms. The fourth-order valence-electron chi connectivity index (χ4n) is 3.77. The standard InChI is InChI=1S/C21H27N7O3/c1-12(11-30-5)28-14(8-22)6-13-9-23-20(25-18(13)28)24-15-10-27(4)26-19(15)31-17-7-16(29)21(17,2)3/h6,9-10,12,16-17,29H,7,11H2,1-5H3,(H,23,24,25)/t12-,16?,17?/m0/s1/i4D3. The van der Waals surface area contributed by atoms with E-state index in [4.69, 9.17) is 13.6 Å². The molecule has 0 aliphatic heterocycles. The summed E-state index contributed by atoms with van der Waals surface area (Å²) in [5.41, 5.74) is 0.738. The lowest BCUT2D eigenvalue weighted by Crippen LogP contribution is -2.56. The van der Waals surface area contributed by atoms with Gasteiger partial charge >= 0.3 is 0 Å². The zero-order valence-corrected chi connectivity index (χ0v) is 17.8.